The number of hydrogen-bond donors (Lipinski definition) is 3. The Kier molecular flexibility index (Phi) is 4.44. The third-order valence-electron chi connectivity index (χ3n) is 4.90. The highest BCUT2D eigenvalue weighted by Crippen LogP contribution is 2.29. The van der Waals surface area contributed by atoms with E-state index in [0.717, 1.165) is 37.1 Å². The first-order chi connectivity index (χ1) is 10.3. The van der Waals surface area contributed by atoms with Crippen molar-refractivity contribution in [1.29, 1.82) is 0 Å². The first-order valence-corrected chi connectivity index (χ1v) is 8.04. The molecule has 0 spiro atoms. The third kappa shape index (κ3) is 3.21. The summed E-state index contributed by atoms with van der Waals surface area (Å²) >= 11 is 0. The molecule has 2 unspecified atom stereocenters. The number of rotatable bonds is 4. The number of hydrogen-bond acceptors (Lipinski definition) is 3. The van der Waals surface area contributed by atoms with Crippen LogP contribution in [0.3, 0.4) is 0 Å². The van der Waals surface area contributed by atoms with Gasteiger partial charge in [-0.25, -0.2) is 0 Å². The molecule has 1 amide bonds. The number of amides is 1. The Morgan fingerprint density at radius 3 is 2.90 bits per heavy atom. The molecule has 114 valence electrons. The van der Waals surface area contributed by atoms with E-state index in [0.29, 0.717) is 18.4 Å². The number of benzene rings is 1. The van der Waals surface area contributed by atoms with Gasteiger partial charge >= 0.3 is 0 Å². The molecule has 21 heavy (non-hydrogen) atoms. The predicted molar refractivity (Wildman–Crippen MR) is 83.5 cm³/mol. The van der Waals surface area contributed by atoms with Crippen molar-refractivity contribution in [3.8, 4) is 0 Å². The third-order valence-corrected chi connectivity index (χ3v) is 4.90. The van der Waals surface area contributed by atoms with Gasteiger partial charge < -0.3 is 15.7 Å². The molecular formula is C17H24N2O2. The largest absolute Gasteiger partial charge is 0.396 e. The van der Waals surface area contributed by atoms with Crippen LogP contribution in [0.1, 0.15) is 41.6 Å². The highest BCUT2D eigenvalue weighted by molar-refractivity contribution is 5.95. The Morgan fingerprint density at radius 1 is 1.29 bits per heavy atom. The molecule has 0 bridgehead atoms. The molecule has 3 rings (SSSR count). The Bertz CT molecular complexity index is 516. The predicted octanol–water partition coefficient (Wildman–Crippen LogP) is 2.18. The summed E-state index contributed by atoms with van der Waals surface area (Å²) in [6, 6.07) is 5.88. The number of anilines is 1. The molecule has 1 saturated carbocycles. The lowest BCUT2D eigenvalue weighted by Crippen LogP contribution is -2.35. The van der Waals surface area contributed by atoms with E-state index < -0.39 is 0 Å². The van der Waals surface area contributed by atoms with Crippen molar-refractivity contribution in [3.05, 3.63) is 29.3 Å². The van der Waals surface area contributed by atoms with Crippen molar-refractivity contribution < 1.29 is 9.90 Å². The molecule has 0 radical (unpaired) electrons. The minimum Gasteiger partial charge on any atom is -0.396 e. The van der Waals surface area contributed by atoms with Gasteiger partial charge in [0, 0.05) is 30.9 Å². The maximum absolute atomic E-state index is 12.3. The molecule has 0 aromatic heterocycles. The van der Waals surface area contributed by atoms with Crippen LogP contribution in [-0.4, -0.2) is 30.7 Å². The Balaban J connectivity index is 1.58. The zero-order valence-corrected chi connectivity index (χ0v) is 12.4. The van der Waals surface area contributed by atoms with Gasteiger partial charge in [-0.2, -0.15) is 0 Å². The maximum Gasteiger partial charge on any atom is 0.251 e. The van der Waals surface area contributed by atoms with Gasteiger partial charge in [-0.1, -0.05) is 12.8 Å². The summed E-state index contributed by atoms with van der Waals surface area (Å²) in [5.74, 6) is 0.777. The lowest BCUT2D eigenvalue weighted by Gasteiger charge is -2.30. The summed E-state index contributed by atoms with van der Waals surface area (Å²) in [4.78, 5) is 12.3. The van der Waals surface area contributed by atoms with Gasteiger partial charge in [-0.15, -0.1) is 0 Å². The number of nitrogens with one attached hydrogen (secondary N) is 2. The van der Waals surface area contributed by atoms with Gasteiger partial charge in [0.05, 0.1) is 0 Å². The van der Waals surface area contributed by atoms with E-state index >= 15 is 0 Å². The van der Waals surface area contributed by atoms with E-state index in [1.54, 1.807) is 0 Å². The van der Waals surface area contributed by atoms with Gasteiger partial charge in [0.15, 0.2) is 0 Å². The van der Waals surface area contributed by atoms with Crippen molar-refractivity contribution in [2.75, 3.05) is 25.0 Å². The second-order valence-corrected chi connectivity index (χ2v) is 6.25. The number of aliphatic hydroxyl groups excluding tert-OH is 1. The minimum atomic E-state index is 0.00645. The molecule has 2 atom stereocenters. The van der Waals surface area contributed by atoms with Crippen LogP contribution in [0.5, 0.6) is 0 Å². The number of fused-ring (bicyclic) bond motifs is 1. The second-order valence-electron chi connectivity index (χ2n) is 6.25. The van der Waals surface area contributed by atoms with Crippen LogP contribution in [0.15, 0.2) is 18.2 Å². The summed E-state index contributed by atoms with van der Waals surface area (Å²) in [5.41, 5.74) is 3.13. The van der Waals surface area contributed by atoms with E-state index in [1.165, 1.54) is 18.4 Å². The summed E-state index contributed by atoms with van der Waals surface area (Å²) in [5, 5.41) is 15.8. The average molecular weight is 288 g/mol. The number of carbonyl (C=O) groups excluding carboxylic acids is 1. The van der Waals surface area contributed by atoms with Crippen LogP contribution in [0, 0.1) is 11.8 Å². The first-order valence-electron chi connectivity index (χ1n) is 8.04. The number of carbonyl (C=O) groups is 1. The fourth-order valence-corrected chi connectivity index (χ4v) is 3.57. The lowest BCUT2D eigenvalue weighted by molar-refractivity contribution is 0.0909. The molecule has 4 nitrogen and oxygen atoms in total. The van der Waals surface area contributed by atoms with E-state index in [4.69, 9.17) is 0 Å². The first kappa shape index (κ1) is 14.4. The van der Waals surface area contributed by atoms with Gasteiger partial charge in [-0.05, 0) is 54.9 Å². The van der Waals surface area contributed by atoms with Crippen LogP contribution in [0.4, 0.5) is 5.69 Å². The molecule has 0 saturated heterocycles. The fraction of sp³-hybridized carbons (Fsp3) is 0.588. The molecule has 1 aliphatic carbocycles. The van der Waals surface area contributed by atoms with E-state index in [9.17, 15) is 9.90 Å². The monoisotopic (exact) mass is 288 g/mol. The molecule has 4 heteroatoms. The van der Waals surface area contributed by atoms with Crippen molar-refractivity contribution in [2.24, 2.45) is 11.8 Å². The molecular weight excluding hydrogens is 264 g/mol. The van der Waals surface area contributed by atoms with Crippen molar-refractivity contribution in [1.82, 2.24) is 5.32 Å². The van der Waals surface area contributed by atoms with E-state index in [-0.39, 0.29) is 12.5 Å². The molecule has 1 fully saturated rings. The molecule has 2 aliphatic rings. The van der Waals surface area contributed by atoms with Crippen molar-refractivity contribution in [2.45, 2.75) is 32.1 Å². The van der Waals surface area contributed by atoms with Crippen LogP contribution >= 0.6 is 0 Å². The Morgan fingerprint density at radius 2 is 2.10 bits per heavy atom. The van der Waals surface area contributed by atoms with Crippen LogP contribution in [0.2, 0.25) is 0 Å². The Hall–Kier alpha value is -1.55. The summed E-state index contributed by atoms with van der Waals surface area (Å²) in [6.45, 7) is 1.88. The zero-order chi connectivity index (χ0) is 14.7. The van der Waals surface area contributed by atoms with E-state index in [1.807, 2.05) is 18.2 Å². The van der Waals surface area contributed by atoms with Gasteiger partial charge in [0.25, 0.3) is 5.91 Å². The standard InChI is InChI=1S/C17H24N2O2/c20-11-15-4-2-1-3-14(15)10-19-17(21)13-5-6-16-12(9-13)7-8-18-16/h5-6,9,14-15,18,20H,1-4,7-8,10-11H2,(H,19,21). The molecule has 1 heterocycles. The van der Waals surface area contributed by atoms with Crippen molar-refractivity contribution in [3.63, 3.8) is 0 Å². The molecule has 1 aliphatic heterocycles. The molecule has 1 aromatic rings. The molecule has 3 N–H and O–H groups in total. The minimum absolute atomic E-state index is 0.00645. The zero-order valence-electron chi connectivity index (χ0n) is 12.4. The van der Waals surface area contributed by atoms with Crippen LogP contribution < -0.4 is 10.6 Å². The highest BCUT2D eigenvalue weighted by Gasteiger charge is 2.25. The van der Waals surface area contributed by atoms with Gasteiger partial charge in [0.2, 0.25) is 0 Å². The average Bonchev–Trinajstić information content (AvgIpc) is 3.00. The smallest absolute Gasteiger partial charge is 0.251 e. The Labute approximate surface area is 125 Å². The normalized spacial score (nSPS) is 24.2. The lowest BCUT2D eigenvalue weighted by atomic mass is 9.79. The summed E-state index contributed by atoms with van der Waals surface area (Å²) < 4.78 is 0. The SMILES string of the molecule is O=C(NCC1CCCCC1CO)c1ccc2c(c1)CCN2. The maximum atomic E-state index is 12.3. The van der Waals surface area contributed by atoms with Crippen molar-refractivity contribution >= 4 is 11.6 Å². The molecule has 1 aromatic carbocycles. The fourth-order valence-electron chi connectivity index (χ4n) is 3.57. The van der Waals surface area contributed by atoms with Crippen LogP contribution in [-0.2, 0) is 6.42 Å². The second kappa shape index (κ2) is 6.48. The summed E-state index contributed by atoms with van der Waals surface area (Å²) in [6.07, 6.45) is 5.60. The highest BCUT2D eigenvalue weighted by atomic mass is 16.3. The van der Waals surface area contributed by atoms with Gasteiger partial charge in [0.1, 0.15) is 0 Å². The number of aliphatic hydroxyl groups is 1. The van der Waals surface area contributed by atoms with Crippen LogP contribution in [0.25, 0.3) is 0 Å². The topological polar surface area (TPSA) is 61.4 Å². The van der Waals surface area contributed by atoms with E-state index in [2.05, 4.69) is 10.6 Å². The quantitative estimate of drug-likeness (QED) is 0.796. The van der Waals surface area contributed by atoms with Gasteiger partial charge in [-0.3, -0.25) is 4.79 Å². The summed E-state index contributed by atoms with van der Waals surface area (Å²) in [7, 11) is 0.